The molecule has 1 aromatic rings. The van der Waals surface area contributed by atoms with Gasteiger partial charge in [0.15, 0.2) is 0 Å². The van der Waals surface area contributed by atoms with Gasteiger partial charge in [-0.1, -0.05) is 12.8 Å². The van der Waals surface area contributed by atoms with Crippen molar-refractivity contribution < 1.29 is 0 Å². The molecule has 0 aliphatic heterocycles. The first-order valence-electron chi connectivity index (χ1n) is 6.92. The SMILES string of the molecule is Cc1nn(C2CCCC2)c(C)c1CC1(N)CC1. The lowest BCUT2D eigenvalue weighted by molar-refractivity contribution is 0.454. The number of aryl methyl sites for hydroxylation is 1. The van der Waals surface area contributed by atoms with Crippen LogP contribution in [0.5, 0.6) is 0 Å². The van der Waals surface area contributed by atoms with Gasteiger partial charge in [-0.3, -0.25) is 4.68 Å². The lowest BCUT2D eigenvalue weighted by atomic mass is 10.0. The summed E-state index contributed by atoms with van der Waals surface area (Å²) < 4.78 is 2.28. The molecule has 94 valence electrons. The largest absolute Gasteiger partial charge is 0.325 e. The van der Waals surface area contributed by atoms with Crippen LogP contribution in [0.4, 0.5) is 0 Å². The van der Waals surface area contributed by atoms with E-state index in [0.29, 0.717) is 6.04 Å². The van der Waals surface area contributed by atoms with Crippen molar-refractivity contribution in [1.82, 2.24) is 9.78 Å². The minimum absolute atomic E-state index is 0.0963. The summed E-state index contributed by atoms with van der Waals surface area (Å²) in [7, 11) is 0. The smallest absolute Gasteiger partial charge is 0.0629 e. The van der Waals surface area contributed by atoms with Crippen molar-refractivity contribution in [2.75, 3.05) is 0 Å². The van der Waals surface area contributed by atoms with Crippen molar-refractivity contribution in [2.24, 2.45) is 5.73 Å². The van der Waals surface area contributed by atoms with E-state index < -0.39 is 0 Å². The van der Waals surface area contributed by atoms with Gasteiger partial charge in [-0.25, -0.2) is 0 Å². The van der Waals surface area contributed by atoms with Crippen molar-refractivity contribution in [1.29, 1.82) is 0 Å². The highest BCUT2D eigenvalue weighted by molar-refractivity contribution is 5.29. The molecule has 0 unspecified atom stereocenters. The topological polar surface area (TPSA) is 43.8 Å². The Labute approximate surface area is 103 Å². The zero-order valence-electron chi connectivity index (χ0n) is 11.0. The summed E-state index contributed by atoms with van der Waals surface area (Å²) in [6, 6.07) is 0.648. The molecule has 0 atom stereocenters. The van der Waals surface area contributed by atoms with Crippen LogP contribution in [0.25, 0.3) is 0 Å². The Morgan fingerprint density at radius 3 is 2.53 bits per heavy atom. The van der Waals surface area contributed by atoms with Crippen LogP contribution < -0.4 is 5.73 Å². The quantitative estimate of drug-likeness (QED) is 0.872. The van der Waals surface area contributed by atoms with Gasteiger partial charge in [0.25, 0.3) is 0 Å². The van der Waals surface area contributed by atoms with Gasteiger partial charge in [0.05, 0.1) is 11.7 Å². The zero-order valence-corrected chi connectivity index (χ0v) is 11.0. The molecular formula is C14H23N3. The normalized spacial score (nSPS) is 23.2. The van der Waals surface area contributed by atoms with E-state index in [1.54, 1.807) is 0 Å². The number of aromatic nitrogens is 2. The summed E-state index contributed by atoms with van der Waals surface area (Å²) in [5, 5.41) is 4.77. The van der Waals surface area contributed by atoms with Crippen LogP contribution in [0.2, 0.25) is 0 Å². The van der Waals surface area contributed by atoms with Gasteiger partial charge in [0.1, 0.15) is 0 Å². The Morgan fingerprint density at radius 1 is 1.29 bits per heavy atom. The highest BCUT2D eigenvalue weighted by atomic mass is 15.3. The Kier molecular flexibility index (Phi) is 2.54. The highest BCUT2D eigenvalue weighted by Crippen LogP contribution is 2.38. The van der Waals surface area contributed by atoms with Gasteiger partial charge >= 0.3 is 0 Å². The van der Waals surface area contributed by atoms with Gasteiger partial charge in [0, 0.05) is 11.2 Å². The number of hydrogen-bond acceptors (Lipinski definition) is 2. The second-order valence-corrected chi connectivity index (χ2v) is 6.07. The van der Waals surface area contributed by atoms with E-state index in [4.69, 9.17) is 10.8 Å². The fraction of sp³-hybridized carbons (Fsp3) is 0.786. The molecule has 3 rings (SSSR count). The van der Waals surface area contributed by atoms with Crippen LogP contribution in [-0.2, 0) is 6.42 Å². The highest BCUT2D eigenvalue weighted by Gasteiger charge is 2.39. The van der Waals surface area contributed by atoms with E-state index in [9.17, 15) is 0 Å². The van der Waals surface area contributed by atoms with Crippen LogP contribution in [0.1, 0.15) is 61.5 Å². The average molecular weight is 233 g/mol. The molecule has 0 saturated heterocycles. The number of hydrogen-bond donors (Lipinski definition) is 1. The lowest BCUT2D eigenvalue weighted by Crippen LogP contribution is -2.25. The molecular weight excluding hydrogens is 210 g/mol. The maximum atomic E-state index is 6.24. The second kappa shape index (κ2) is 3.84. The van der Waals surface area contributed by atoms with Gasteiger partial charge in [0.2, 0.25) is 0 Å². The van der Waals surface area contributed by atoms with Gasteiger partial charge in [-0.05, 0) is 51.5 Å². The molecule has 0 aromatic carbocycles. The molecule has 0 spiro atoms. The van der Waals surface area contributed by atoms with E-state index in [-0.39, 0.29) is 5.54 Å². The lowest BCUT2D eigenvalue weighted by Gasteiger charge is -2.13. The summed E-state index contributed by atoms with van der Waals surface area (Å²) in [6.07, 6.45) is 8.71. The van der Waals surface area contributed by atoms with Crippen molar-refractivity contribution in [3.05, 3.63) is 17.0 Å². The third kappa shape index (κ3) is 2.01. The standard InChI is InChI=1S/C14H23N3/c1-10-13(9-14(15)7-8-14)11(2)17(16-10)12-5-3-4-6-12/h12H,3-9,15H2,1-2H3. The van der Waals surface area contributed by atoms with Crippen molar-refractivity contribution in [2.45, 2.75) is 70.4 Å². The average Bonchev–Trinajstić information content (AvgIpc) is 2.75. The zero-order chi connectivity index (χ0) is 12.0. The molecule has 3 heteroatoms. The summed E-state index contributed by atoms with van der Waals surface area (Å²) in [5.41, 5.74) is 10.3. The van der Waals surface area contributed by atoms with Gasteiger partial charge in [-0.15, -0.1) is 0 Å². The van der Waals surface area contributed by atoms with Crippen molar-refractivity contribution >= 4 is 0 Å². The van der Waals surface area contributed by atoms with Crippen LogP contribution in [-0.4, -0.2) is 15.3 Å². The molecule has 2 aliphatic rings. The first-order chi connectivity index (χ1) is 8.09. The fourth-order valence-corrected chi connectivity index (χ4v) is 3.15. The number of nitrogens with two attached hydrogens (primary N) is 1. The summed E-state index contributed by atoms with van der Waals surface area (Å²) in [5.74, 6) is 0. The van der Waals surface area contributed by atoms with E-state index >= 15 is 0 Å². The predicted molar refractivity (Wildman–Crippen MR) is 69.1 cm³/mol. The van der Waals surface area contributed by atoms with Crippen molar-refractivity contribution in [3.8, 4) is 0 Å². The van der Waals surface area contributed by atoms with Crippen LogP contribution in [0.15, 0.2) is 0 Å². The molecule has 2 saturated carbocycles. The molecule has 1 aromatic heterocycles. The summed E-state index contributed by atoms with van der Waals surface area (Å²) >= 11 is 0. The molecule has 0 amide bonds. The number of nitrogens with zero attached hydrogens (tertiary/aromatic N) is 2. The first-order valence-corrected chi connectivity index (χ1v) is 6.92. The molecule has 0 bridgehead atoms. The van der Waals surface area contributed by atoms with E-state index in [0.717, 1.165) is 6.42 Å². The van der Waals surface area contributed by atoms with Gasteiger partial charge < -0.3 is 5.73 Å². The maximum absolute atomic E-state index is 6.24. The Hall–Kier alpha value is -0.830. The molecule has 0 radical (unpaired) electrons. The predicted octanol–water partition coefficient (Wildman–Crippen LogP) is 2.65. The summed E-state index contributed by atoms with van der Waals surface area (Å²) in [4.78, 5) is 0. The Bertz CT molecular complexity index is 423. The van der Waals surface area contributed by atoms with Crippen LogP contribution in [0.3, 0.4) is 0 Å². The molecule has 2 fully saturated rings. The number of rotatable bonds is 3. The van der Waals surface area contributed by atoms with Gasteiger partial charge in [-0.2, -0.15) is 5.10 Å². The third-order valence-electron chi connectivity index (χ3n) is 4.57. The van der Waals surface area contributed by atoms with Crippen molar-refractivity contribution in [3.63, 3.8) is 0 Å². The molecule has 2 aliphatic carbocycles. The fourth-order valence-electron chi connectivity index (χ4n) is 3.15. The summed E-state index contributed by atoms with van der Waals surface area (Å²) in [6.45, 7) is 4.36. The third-order valence-corrected chi connectivity index (χ3v) is 4.57. The second-order valence-electron chi connectivity index (χ2n) is 6.07. The monoisotopic (exact) mass is 233 g/mol. The molecule has 3 nitrogen and oxygen atoms in total. The first kappa shape index (κ1) is 11.3. The van der Waals surface area contributed by atoms with E-state index in [2.05, 4.69) is 18.5 Å². The molecule has 17 heavy (non-hydrogen) atoms. The minimum atomic E-state index is 0.0963. The van der Waals surface area contributed by atoms with Crippen LogP contribution in [0, 0.1) is 13.8 Å². The van der Waals surface area contributed by atoms with E-state index in [1.807, 2.05) is 0 Å². The molecule has 1 heterocycles. The maximum Gasteiger partial charge on any atom is 0.0629 e. The molecule has 2 N–H and O–H groups in total. The minimum Gasteiger partial charge on any atom is -0.325 e. The van der Waals surface area contributed by atoms with E-state index in [1.165, 1.54) is 55.5 Å². The van der Waals surface area contributed by atoms with Crippen LogP contribution >= 0.6 is 0 Å². The Balaban J connectivity index is 1.88. The Morgan fingerprint density at radius 2 is 1.94 bits per heavy atom.